The van der Waals surface area contributed by atoms with E-state index in [1.165, 1.54) is 19.4 Å². The molecule has 2 saturated carbocycles. The maximum atomic E-state index is 13.4. The lowest BCUT2D eigenvalue weighted by Gasteiger charge is -2.34. The van der Waals surface area contributed by atoms with Gasteiger partial charge in [0.1, 0.15) is 12.7 Å². The first-order valence-corrected chi connectivity index (χ1v) is 18.5. The number of carbonyl (C=O) groups excluding carboxylic acids is 2. The number of ether oxygens (including phenoxy) is 2. The van der Waals surface area contributed by atoms with Gasteiger partial charge < -0.3 is 24.6 Å². The molecule has 47 heavy (non-hydrogen) atoms. The van der Waals surface area contributed by atoms with Gasteiger partial charge in [-0.05, 0) is 80.6 Å². The van der Waals surface area contributed by atoms with Crippen molar-refractivity contribution in [1.29, 1.82) is 5.26 Å². The van der Waals surface area contributed by atoms with E-state index in [2.05, 4.69) is 29.7 Å². The fraction of sp³-hybridized carbons (Fsp3) is 0.816. The number of aliphatic hydroxyl groups is 2. The van der Waals surface area contributed by atoms with E-state index in [0.29, 0.717) is 36.9 Å². The molecule has 0 aromatic heterocycles. The van der Waals surface area contributed by atoms with Crippen molar-refractivity contribution in [2.45, 2.75) is 110 Å². The minimum absolute atomic E-state index is 0.0747. The molecule has 0 radical (unpaired) electrons. The fourth-order valence-corrected chi connectivity index (χ4v) is 8.20. The number of hydrogen-bond acceptors (Lipinski definition) is 9. The van der Waals surface area contributed by atoms with Crippen LogP contribution in [-0.2, 0) is 19.1 Å². The molecule has 0 aromatic rings. The Balaban J connectivity index is 1.39. The maximum Gasteiger partial charge on any atom is 0.309 e. The van der Waals surface area contributed by atoms with Gasteiger partial charge in [-0.3, -0.25) is 14.5 Å². The number of nitrogens with zero attached hydrogens (tertiary/aromatic N) is 3. The molecule has 2 heterocycles. The minimum Gasteiger partial charge on any atom is -0.464 e. The van der Waals surface area contributed by atoms with Crippen molar-refractivity contribution in [3.05, 3.63) is 23.8 Å². The van der Waals surface area contributed by atoms with E-state index in [-0.39, 0.29) is 36.1 Å². The molecule has 9 heteroatoms. The van der Waals surface area contributed by atoms with Crippen molar-refractivity contribution < 1.29 is 29.3 Å². The third kappa shape index (κ3) is 12.0. The van der Waals surface area contributed by atoms with E-state index in [4.69, 9.17) is 9.47 Å². The highest BCUT2D eigenvalue weighted by Gasteiger charge is 2.41. The van der Waals surface area contributed by atoms with Gasteiger partial charge in [-0.2, -0.15) is 5.26 Å². The first-order valence-electron chi connectivity index (χ1n) is 18.5. The lowest BCUT2D eigenvalue weighted by atomic mass is 9.82. The van der Waals surface area contributed by atoms with E-state index in [0.717, 1.165) is 70.7 Å². The summed E-state index contributed by atoms with van der Waals surface area (Å²) in [7, 11) is 0. The Morgan fingerprint density at radius 3 is 2.34 bits per heavy atom. The van der Waals surface area contributed by atoms with Crippen LogP contribution in [0.15, 0.2) is 23.8 Å². The predicted octanol–water partition coefficient (Wildman–Crippen LogP) is 5.12. The van der Waals surface area contributed by atoms with Crippen molar-refractivity contribution in [1.82, 2.24) is 9.80 Å². The molecule has 0 spiro atoms. The molecule has 1 saturated heterocycles. The molecule has 0 amide bonds. The third-order valence-corrected chi connectivity index (χ3v) is 11.1. The number of carbonyl (C=O) groups is 2. The van der Waals surface area contributed by atoms with Crippen molar-refractivity contribution in [3.8, 4) is 6.07 Å². The van der Waals surface area contributed by atoms with E-state index < -0.39 is 24.3 Å². The fourth-order valence-electron chi connectivity index (χ4n) is 8.20. The number of allylic oxidation sites excluding steroid dienone is 2. The Kier molecular flexibility index (Phi) is 14.8. The molecule has 0 unspecified atom stereocenters. The highest BCUT2D eigenvalue weighted by atomic mass is 16.5. The number of hydrogen-bond donors (Lipinski definition) is 2. The second-order valence-corrected chi connectivity index (χ2v) is 15.5. The highest BCUT2D eigenvalue weighted by molar-refractivity contribution is 5.74. The molecule has 2 N–H and O–H groups in total. The van der Waals surface area contributed by atoms with Gasteiger partial charge in [-0.25, -0.2) is 0 Å². The normalized spacial score (nSPS) is 37.9. The van der Waals surface area contributed by atoms with Gasteiger partial charge in [0.2, 0.25) is 0 Å². The summed E-state index contributed by atoms with van der Waals surface area (Å²) < 4.78 is 11.9. The number of piperazine rings is 1. The average Bonchev–Trinajstić information content (AvgIpc) is 3.71. The number of aliphatic hydroxyl groups excluding tert-OH is 2. The molecule has 2 aliphatic heterocycles. The summed E-state index contributed by atoms with van der Waals surface area (Å²) in [5.41, 5.74) is 0.312. The van der Waals surface area contributed by atoms with Crippen LogP contribution >= 0.6 is 0 Å². The molecule has 4 rings (SSSR count). The smallest absolute Gasteiger partial charge is 0.309 e. The Bertz CT molecular complexity index is 1110. The van der Waals surface area contributed by atoms with Gasteiger partial charge in [0.25, 0.3) is 0 Å². The van der Waals surface area contributed by atoms with Gasteiger partial charge in [0, 0.05) is 51.6 Å². The summed E-state index contributed by atoms with van der Waals surface area (Å²) in [6.07, 6.45) is 10.8. The van der Waals surface area contributed by atoms with Crippen LogP contribution in [0.1, 0.15) is 91.9 Å². The Hall–Kier alpha value is -2.25. The predicted molar refractivity (Wildman–Crippen MR) is 182 cm³/mol. The van der Waals surface area contributed by atoms with Crippen LogP contribution in [0.4, 0.5) is 0 Å². The van der Waals surface area contributed by atoms with E-state index in [1.807, 2.05) is 19.9 Å². The molecular weight excluding hydrogens is 594 g/mol. The average molecular weight is 656 g/mol. The molecular formula is C38H61N3O6. The van der Waals surface area contributed by atoms with Crippen LogP contribution < -0.4 is 0 Å². The summed E-state index contributed by atoms with van der Waals surface area (Å²) >= 11 is 0. The van der Waals surface area contributed by atoms with Crippen LogP contribution in [0.5, 0.6) is 0 Å². The van der Waals surface area contributed by atoms with Crippen molar-refractivity contribution in [2.75, 3.05) is 45.9 Å². The molecule has 4 aliphatic rings. The van der Waals surface area contributed by atoms with E-state index in [1.54, 1.807) is 12.2 Å². The zero-order valence-corrected chi connectivity index (χ0v) is 29.4. The molecule has 0 aromatic carbocycles. The third-order valence-electron chi connectivity index (χ3n) is 11.1. The van der Waals surface area contributed by atoms with Crippen LogP contribution in [-0.4, -0.2) is 96.1 Å². The Labute approximate surface area is 283 Å². The number of esters is 2. The summed E-state index contributed by atoms with van der Waals surface area (Å²) in [5.74, 6) is 0.210. The van der Waals surface area contributed by atoms with Crippen molar-refractivity contribution in [3.63, 3.8) is 0 Å². The number of rotatable bonds is 7. The summed E-state index contributed by atoms with van der Waals surface area (Å²) in [6, 6.07) is 2.17. The van der Waals surface area contributed by atoms with Crippen molar-refractivity contribution >= 4 is 11.9 Å². The first-order chi connectivity index (χ1) is 22.5. The number of nitriles is 1. The molecule has 9 nitrogen and oxygen atoms in total. The second kappa shape index (κ2) is 18.5. The standard InChI is InChI=1S/C38H61N3O6/c1-26-20-27(2)22-29(4)37(44)31(24-39)8-5-6-11-35(47-36(43)23-34(42)28(3)21-26)32-9-7-10-33(32)38(45)46-19-18-40-14-16-41(17-15-40)25-30-12-13-30/h5-6,8,26-30,32-35,37,42,44H,7,9-23,25H2,1-4H3/b6-5+,31-8-/t26-,27+,28-,29-,32+,33+,34-,35-,37+/m0/s1. The minimum atomic E-state index is -0.865. The van der Waals surface area contributed by atoms with Gasteiger partial charge >= 0.3 is 11.9 Å². The quantitative estimate of drug-likeness (QED) is 0.360. The molecule has 0 bridgehead atoms. The van der Waals surface area contributed by atoms with E-state index in [9.17, 15) is 25.1 Å². The summed E-state index contributed by atoms with van der Waals surface area (Å²) in [4.78, 5) is 31.5. The first kappa shape index (κ1) is 37.6. The summed E-state index contributed by atoms with van der Waals surface area (Å²) in [5, 5.41) is 31.7. The van der Waals surface area contributed by atoms with Crippen LogP contribution in [0, 0.1) is 52.8 Å². The monoisotopic (exact) mass is 655 g/mol. The largest absolute Gasteiger partial charge is 0.464 e. The maximum absolute atomic E-state index is 13.4. The van der Waals surface area contributed by atoms with Crippen LogP contribution in [0.2, 0.25) is 0 Å². The lowest BCUT2D eigenvalue weighted by Crippen LogP contribution is -2.47. The van der Waals surface area contributed by atoms with Gasteiger partial charge in [-0.1, -0.05) is 46.3 Å². The molecule has 9 atom stereocenters. The van der Waals surface area contributed by atoms with Crippen LogP contribution in [0.25, 0.3) is 0 Å². The zero-order valence-electron chi connectivity index (χ0n) is 29.4. The zero-order chi connectivity index (χ0) is 33.9. The molecule has 2 aliphatic carbocycles. The number of cyclic esters (lactones) is 1. The highest BCUT2D eigenvalue weighted by Crippen LogP contribution is 2.38. The van der Waals surface area contributed by atoms with Gasteiger partial charge in [-0.15, -0.1) is 0 Å². The van der Waals surface area contributed by atoms with E-state index >= 15 is 0 Å². The topological polar surface area (TPSA) is 123 Å². The molecule has 264 valence electrons. The Morgan fingerprint density at radius 1 is 0.979 bits per heavy atom. The summed E-state index contributed by atoms with van der Waals surface area (Å²) in [6.45, 7) is 14.7. The molecule has 3 fully saturated rings. The second-order valence-electron chi connectivity index (χ2n) is 15.5. The van der Waals surface area contributed by atoms with Gasteiger partial charge in [0.05, 0.1) is 36.2 Å². The lowest BCUT2D eigenvalue weighted by molar-refractivity contribution is -0.161. The van der Waals surface area contributed by atoms with Crippen molar-refractivity contribution in [2.24, 2.45) is 41.4 Å². The SMILES string of the molecule is C[C@@H]1C[C@H](C)C[C@H](C)[C@@H](O)CC(=O)O[C@H]([C@@H]2CCC[C@H]2C(=O)OCCN2CCN(CC3CC3)CC2)C/C=C/C=C(/C#N)[C@H](O)[C@@H](C)C1. The van der Waals surface area contributed by atoms with Crippen LogP contribution in [0.3, 0.4) is 0 Å². The van der Waals surface area contributed by atoms with Gasteiger partial charge in [0.15, 0.2) is 0 Å². The Morgan fingerprint density at radius 2 is 1.66 bits per heavy atom.